The fourth-order valence-electron chi connectivity index (χ4n) is 1.19. The molecule has 0 N–H and O–H groups in total. The smallest absolute Gasteiger partial charge is 0.264 e. The van der Waals surface area contributed by atoms with Crippen molar-refractivity contribution in [3.8, 4) is 5.75 Å². The van der Waals surface area contributed by atoms with Gasteiger partial charge in [-0.1, -0.05) is 12.1 Å². The first-order chi connectivity index (χ1) is 6.92. The Morgan fingerprint density at radius 1 is 1.20 bits per heavy atom. The average Bonchev–Trinajstić information content (AvgIpc) is 2.15. The lowest BCUT2D eigenvalue weighted by Gasteiger charge is -2.11. The van der Waals surface area contributed by atoms with Gasteiger partial charge in [0.1, 0.15) is 5.75 Å². The van der Waals surface area contributed by atoms with Crippen LogP contribution in [0.3, 0.4) is 0 Å². The predicted octanol–water partition coefficient (Wildman–Crippen LogP) is 1.73. The third-order valence-electron chi connectivity index (χ3n) is 1.90. The highest BCUT2D eigenvalue weighted by Crippen LogP contribution is 2.21. The summed E-state index contributed by atoms with van der Waals surface area (Å²) in [6, 6.07) is 7.07. The van der Waals surface area contributed by atoms with Crippen LogP contribution in [0.5, 0.6) is 5.75 Å². The van der Waals surface area contributed by atoms with Gasteiger partial charge in [-0.3, -0.25) is 4.18 Å². The topological polar surface area (TPSA) is 52.6 Å². The van der Waals surface area contributed by atoms with Crippen molar-refractivity contribution in [3.05, 3.63) is 29.8 Å². The van der Waals surface area contributed by atoms with Gasteiger partial charge in [0.2, 0.25) is 0 Å². The fraction of sp³-hybridized carbons (Fsp3) is 0.400. The molecule has 0 bridgehead atoms. The van der Waals surface area contributed by atoms with Crippen molar-refractivity contribution in [2.45, 2.75) is 13.0 Å². The fourth-order valence-corrected chi connectivity index (χ4v) is 1.83. The third-order valence-corrected chi connectivity index (χ3v) is 2.54. The van der Waals surface area contributed by atoms with E-state index >= 15 is 0 Å². The van der Waals surface area contributed by atoms with E-state index in [4.69, 9.17) is 8.92 Å². The van der Waals surface area contributed by atoms with Crippen LogP contribution in [-0.4, -0.2) is 21.8 Å². The first kappa shape index (κ1) is 12.0. The highest BCUT2D eigenvalue weighted by molar-refractivity contribution is 7.86. The quantitative estimate of drug-likeness (QED) is 0.739. The van der Waals surface area contributed by atoms with Gasteiger partial charge in [0.15, 0.2) is 0 Å². The minimum atomic E-state index is -3.42. The molecule has 0 aromatic heterocycles. The molecule has 0 heterocycles. The first-order valence-electron chi connectivity index (χ1n) is 4.44. The summed E-state index contributed by atoms with van der Waals surface area (Å²) in [7, 11) is -1.84. The maximum Gasteiger partial charge on any atom is 0.264 e. The summed E-state index contributed by atoms with van der Waals surface area (Å²) in [5.74, 6) is 0.727. The van der Waals surface area contributed by atoms with Crippen molar-refractivity contribution in [2.75, 3.05) is 13.4 Å². The molecule has 15 heavy (non-hydrogen) atoms. The highest BCUT2D eigenvalue weighted by atomic mass is 32.2. The number of rotatable bonds is 4. The first-order valence-corrected chi connectivity index (χ1v) is 6.26. The molecule has 1 aromatic carbocycles. The van der Waals surface area contributed by atoms with Gasteiger partial charge in [-0.2, -0.15) is 8.42 Å². The minimum absolute atomic E-state index is 0.481. The van der Waals surface area contributed by atoms with E-state index in [1.54, 1.807) is 38.3 Å². The van der Waals surface area contributed by atoms with Gasteiger partial charge in [0.25, 0.3) is 10.1 Å². The molecule has 0 fully saturated rings. The molecule has 84 valence electrons. The van der Waals surface area contributed by atoms with E-state index in [2.05, 4.69) is 0 Å². The Morgan fingerprint density at radius 3 is 2.13 bits per heavy atom. The van der Waals surface area contributed by atoms with Crippen molar-refractivity contribution in [2.24, 2.45) is 0 Å². The SMILES string of the molecule is COc1ccc(C(C)OS(C)(=O)=O)cc1. The van der Waals surface area contributed by atoms with Crippen LogP contribution in [0.2, 0.25) is 0 Å². The number of ether oxygens (including phenoxy) is 1. The standard InChI is InChI=1S/C10H14O4S/c1-8(14-15(3,11)12)9-4-6-10(13-2)7-5-9/h4-8H,1-3H3. The molecule has 0 aliphatic rings. The van der Waals surface area contributed by atoms with Crippen LogP contribution in [0.4, 0.5) is 0 Å². The second-order valence-corrected chi connectivity index (χ2v) is 4.82. The van der Waals surface area contributed by atoms with Gasteiger partial charge in [0.05, 0.1) is 19.5 Å². The van der Waals surface area contributed by atoms with Crippen LogP contribution < -0.4 is 4.74 Å². The summed E-state index contributed by atoms with van der Waals surface area (Å²) in [6.07, 6.45) is 0.554. The summed E-state index contributed by atoms with van der Waals surface area (Å²) in [5, 5.41) is 0. The molecule has 0 radical (unpaired) electrons. The molecule has 0 spiro atoms. The van der Waals surface area contributed by atoms with E-state index in [1.165, 1.54) is 0 Å². The van der Waals surface area contributed by atoms with Gasteiger partial charge >= 0.3 is 0 Å². The summed E-state index contributed by atoms with van der Waals surface area (Å²) < 4.78 is 31.6. The van der Waals surface area contributed by atoms with Crippen LogP contribution in [0.1, 0.15) is 18.6 Å². The highest BCUT2D eigenvalue weighted by Gasteiger charge is 2.12. The second-order valence-electron chi connectivity index (χ2n) is 3.22. The van der Waals surface area contributed by atoms with E-state index in [0.717, 1.165) is 17.6 Å². The zero-order chi connectivity index (χ0) is 11.5. The monoisotopic (exact) mass is 230 g/mol. The zero-order valence-corrected chi connectivity index (χ0v) is 9.74. The van der Waals surface area contributed by atoms with Gasteiger partial charge in [-0.15, -0.1) is 0 Å². The molecule has 0 aliphatic heterocycles. The number of hydrogen-bond acceptors (Lipinski definition) is 4. The average molecular weight is 230 g/mol. The van der Waals surface area contributed by atoms with Gasteiger partial charge in [-0.25, -0.2) is 0 Å². The molecule has 0 saturated heterocycles. The molecule has 0 aliphatic carbocycles. The molecular weight excluding hydrogens is 216 g/mol. The lowest BCUT2D eigenvalue weighted by molar-refractivity contribution is 0.236. The zero-order valence-electron chi connectivity index (χ0n) is 8.93. The van der Waals surface area contributed by atoms with Crippen molar-refractivity contribution in [3.63, 3.8) is 0 Å². The molecule has 0 amide bonds. The Bertz CT molecular complexity index is 408. The number of methoxy groups -OCH3 is 1. The Kier molecular flexibility index (Phi) is 3.71. The van der Waals surface area contributed by atoms with E-state index in [9.17, 15) is 8.42 Å². The maximum atomic E-state index is 10.9. The molecular formula is C10H14O4S. The summed E-state index contributed by atoms with van der Waals surface area (Å²) >= 11 is 0. The van der Waals surface area contributed by atoms with Crippen molar-refractivity contribution < 1.29 is 17.3 Å². The van der Waals surface area contributed by atoms with Crippen LogP contribution in [0.25, 0.3) is 0 Å². The third kappa shape index (κ3) is 3.89. The van der Waals surface area contributed by atoms with Gasteiger partial charge in [-0.05, 0) is 24.6 Å². The Balaban J connectivity index is 2.78. The summed E-state index contributed by atoms with van der Waals surface area (Å²) in [5.41, 5.74) is 0.793. The van der Waals surface area contributed by atoms with Crippen molar-refractivity contribution in [1.29, 1.82) is 0 Å². The Hall–Kier alpha value is -1.07. The molecule has 1 rings (SSSR count). The largest absolute Gasteiger partial charge is 0.497 e. The van der Waals surface area contributed by atoms with E-state index in [-0.39, 0.29) is 0 Å². The van der Waals surface area contributed by atoms with E-state index < -0.39 is 16.2 Å². The van der Waals surface area contributed by atoms with Crippen LogP contribution in [0.15, 0.2) is 24.3 Å². The van der Waals surface area contributed by atoms with E-state index in [0.29, 0.717) is 0 Å². The number of benzene rings is 1. The minimum Gasteiger partial charge on any atom is -0.497 e. The summed E-state index contributed by atoms with van der Waals surface area (Å²) in [4.78, 5) is 0. The second kappa shape index (κ2) is 4.63. The van der Waals surface area contributed by atoms with Crippen LogP contribution in [0, 0.1) is 0 Å². The molecule has 4 nitrogen and oxygen atoms in total. The molecule has 1 aromatic rings. The molecule has 1 atom stereocenters. The van der Waals surface area contributed by atoms with Crippen molar-refractivity contribution >= 4 is 10.1 Å². The van der Waals surface area contributed by atoms with Gasteiger partial charge in [0, 0.05) is 0 Å². The molecule has 1 unspecified atom stereocenters. The lowest BCUT2D eigenvalue weighted by Crippen LogP contribution is -2.07. The lowest BCUT2D eigenvalue weighted by atomic mass is 10.1. The Morgan fingerprint density at radius 2 is 1.73 bits per heavy atom. The number of hydrogen-bond donors (Lipinski definition) is 0. The Labute approximate surface area is 90.0 Å². The van der Waals surface area contributed by atoms with Gasteiger partial charge < -0.3 is 4.74 Å². The molecule has 0 saturated carbocycles. The summed E-state index contributed by atoms with van der Waals surface area (Å²) in [6.45, 7) is 1.68. The normalized spacial score (nSPS) is 13.5. The van der Waals surface area contributed by atoms with Crippen LogP contribution in [-0.2, 0) is 14.3 Å². The maximum absolute atomic E-state index is 10.9. The van der Waals surface area contributed by atoms with Crippen molar-refractivity contribution in [1.82, 2.24) is 0 Å². The predicted molar refractivity (Wildman–Crippen MR) is 57.3 cm³/mol. The van der Waals surface area contributed by atoms with E-state index in [1.807, 2.05) is 0 Å². The van der Waals surface area contributed by atoms with Crippen LogP contribution >= 0.6 is 0 Å². The molecule has 5 heteroatoms.